The molecule has 5 heteroatoms. The lowest BCUT2D eigenvalue weighted by Gasteiger charge is -2.22. The van der Waals surface area contributed by atoms with E-state index in [9.17, 15) is 0 Å². The van der Waals surface area contributed by atoms with Crippen LogP contribution < -0.4 is 4.74 Å². The van der Waals surface area contributed by atoms with Crippen LogP contribution in [0.3, 0.4) is 0 Å². The van der Waals surface area contributed by atoms with Crippen LogP contribution in [-0.2, 0) is 19.3 Å². The molecule has 0 amide bonds. The molecule has 4 aromatic carbocycles. The number of para-hydroxylation sites is 1. The van der Waals surface area contributed by atoms with Crippen molar-refractivity contribution in [2.75, 3.05) is 0 Å². The first-order chi connectivity index (χ1) is 25.2. The molecule has 0 aliphatic carbocycles. The molecule has 266 valence electrons. The number of hydrogen-bond acceptors (Lipinski definition) is 3. The standard InChI is InChI=1S/C47H52N4O/c1-9-13-40-33(7)32(6)34(8)41(14-10-2)47(40)36-28-49-50(29-36)37-24-35(18-17-30(3)4)25-39(26-37)52-38-19-20-43-42-15-11-12-16-44(42)51(45(43)27-38)46-23-31(5)21-22-48-46/h11-12,15-16,19-30H,9-10,13-14,17-18H2,1-8H3. The van der Waals surface area contributed by atoms with Crippen LogP contribution in [0.1, 0.15) is 85.9 Å². The molecule has 3 aromatic heterocycles. The Labute approximate surface area is 309 Å². The summed E-state index contributed by atoms with van der Waals surface area (Å²) >= 11 is 0. The number of ether oxygens (including phenoxy) is 1. The molecule has 0 radical (unpaired) electrons. The molecule has 7 aromatic rings. The molecule has 0 saturated carbocycles. The van der Waals surface area contributed by atoms with Gasteiger partial charge >= 0.3 is 0 Å². The van der Waals surface area contributed by atoms with E-state index in [1.54, 1.807) is 0 Å². The summed E-state index contributed by atoms with van der Waals surface area (Å²) < 4.78 is 11.1. The first kappa shape index (κ1) is 35.3. The average Bonchev–Trinajstić information content (AvgIpc) is 3.75. The number of nitrogens with zero attached hydrogens (tertiary/aromatic N) is 4. The molecule has 0 aliphatic rings. The molecule has 7 rings (SSSR count). The van der Waals surface area contributed by atoms with Crippen molar-refractivity contribution in [1.29, 1.82) is 0 Å². The van der Waals surface area contributed by atoms with Crippen LogP contribution >= 0.6 is 0 Å². The zero-order chi connectivity index (χ0) is 36.5. The summed E-state index contributed by atoms with van der Waals surface area (Å²) in [6, 6.07) is 25.7. The largest absolute Gasteiger partial charge is 0.457 e. The minimum Gasteiger partial charge on any atom is -0.457 e. The second-order valence-electron chi connectivity index (χ2n) is 15.0. The lowest BCUT2D eigenvalue weighted by molar-refractivity contribution is 0.481. The van der Waals surface area contributed by atoms with Crippen molar-refractivity contribution in [3.05, 3.63) is 130 Å². The van der Waals surface area contributed by atoms with Gasteiger partial charge in [-0.1, -0.05) is 58.7 Å². The summed E-state index contributed by atoms with van der Waals surface area (Å²) in [6.45, 7) is 18.1. The molecule has 52 heavy (non-hydrogen) atoms. The zero-order valence-electron chi connectivity index (χ0n) is 32.2. The molecule has 0 spiro atoms. The third kappa shape index (κ3) is 6.77. The van der Waals surface area contributed by atoms with Crippen molar-refractivity contribution in [3.8, 4) is 34.1 Å². The van der Waals surface area contributed by atoms with Crippen LogP contribution in [0.2, 0.25) is 0 Å². The fraction of sp³-hybridized carbons (Fsp3) is 0.319. The normalized spacial score (nSPS) is 11.7. The molecule has 0 bridgehead atoms. The van der Waals surface area contributed by atoms with Gasteiger partial charge in [-0.05, 0) is 146 Å². The lowest BCUT2D eigenvalue weighted by Crippen LogP contribution is -2.05. The number of aromatic nitrogens is 4. The van der Waals surface area contributed by atoms with Gasteiger partial charge < -0.3 is 4.74 Å². The molecule has 0 aliphatic heterocycles. The Morgan fingerprint density at radius 2 is 1.44 bits per heavy atom. The van der Waals surface area contributed by atoms with Gasteiger partial charge in [0.25, 0.3) is 0 Å². The monoisotopic (exact) mass is 688 g/mol. The molecule has 0 saturated heterocycles. The molecule has 0 fully saturated rings. The Morgan fingerprint density at radius 3 is 2.15 bits per heavy atom. The maximum Gasteiger partial charge on any atom is 0.137 e. The Bertz CT molecular complexity index is 2360. The smallest absolute Gasteiger partial charge is 0.137 e. The van der Waals surface area contributed by atoms with Crippen molar-refractivity contribution >= 4 is 21.8 Å². The third-order valence-electron chi connectivity index (χ3n) is 10.7. The van der Waals surface area contributed by atoms with Gasteiger partial charge in [-0.3, -0.25) is 4.57 Å². The number of fused-ring (bicyclic) bond motifs is 3. The highest BCUT2D eigenvalue weighted by atomic mass is 16.5. The number of pyridine rings is 1. The maximum absolute atomic E-state index is 6.77. The molecular weight excluding hydrogens is 637 g/mol. The number of rotatable bonds is 12. The summed E-state index contributed by atoms with van der Waals surface area (Å²) in [5, 5.41) is 7.37. The second-order valence-corrected chi connectivity index (χ2v) is 15.0. The quantitative estimate of drug-likeness (QED) is 0.128. The highest BCUT2D eigenvalue weighted by molar-refractivity contribution is 6.09. The SMILES string of the molecule is CCCc1c(C)c(C)c(C)c(CCC)c1-c1cnn(-c2cc(CCC(C)C)cc(Oc3ccc4c5ccccc5n(-c5cc(C)ccn5)c4c3)c2)c1. The predicted octanol–water partition coefficient (Wildman–Crippen LogP) is 12.6. The second kappa shape index (κ2) is 14.8. The van der Waals surface area contributed by atoms with Gasteiger partial charge in [-0.25, -0.2) is 9.67 Å². The summed E-state index contributed by atoms with van der Waals surface area (Å²) in [6.07, 6.45) is 12.6. The Balaban J connectivity index is 1.32. The minimum absolute atomic E-state index is 0.603. The Hall–Kier alpha value is -5.16. The van der Waals surface area contributed by atoms with E-state index in [2.05, 4.69) is 139 Å². The van der Waals surface area contributed by atoms with E-state index < -0.39 is 0 Å². The van der Waals surface area contributed by atoms with Crippen LogP contribution in [0, 0.1) is 33.6 Å². The summed E-state index contributed by atoms with van der Waals surface area (Å²) in [5.41, 5.74) is 15.4. The highest BCUT2D eigenvalue weighted by Crippen LogP contribution is 2.38. The minimum atomic E-state index is 0.603. The third-order valence-corrected chi connectivity index (χ3v) is 10.7. The summed E-state index contributed by atoms with van der Waals surface area (Å²) in [4.78, 5) is 4.77. The first-order valence-corrected chi connectivity index (χ1v) is 19.1. The van der Waals surface area contributed by atoms with E-state index >= 15 is 0 Å². The maximum atomic E-state index is 6.77. The summed E-state index contributed by atoms with van der Waals surface area (Å²) in [7, 11) is 0. The average molecular weight is 689 g/mol. The van der Waals surface area contributed by atoms with Gasteiger partial charge in [-0.2, -0.15) is 5.10 Å². The van der Waals surface area contributed by atoms with Crippen molar-refractivity contribution in [1.82, 2.24) is 19.3 Å². The highest BCUT2D eigenvalue weighted by Gasteiger charge is 2.20. The molecule has 5 nitrogen and oxygen atoms in total. The lowest BCUT2D eigenvalue weighted by atomic mass is 9.83. The molecule has 0 atom stereocenters. The van der Waals surface area contributed by atoms with E-state index in [4.69, 9.17) is 14.8 Å². The number of benzene rings is 4. The Kier molecular flexibility index (Phi) is 10.1. The number of hydrogen-bond donors (Lipinski definition) is 0. The van der Waals surface area contributed by atoms with Gasteiger partial charge in [0.2, 0.25) is 0 Å². The van der Waals surface area contributed by atoms with Gasteiger partial charge in [0.1, 0.15) is 17.3 Å². The van der Waals surface area contributed by atoms with Crippen molar-refractivity contribution in [3.63, 3.8) is 0 Å². The fourth-order valence-corrected chi connectivity index (χ4v) is 7.83. The first-order valence-electron chi connectivity index (χ1n) is 19.1. The topological polar surface area (TPSA) is 44.9 Å². The van der Waals surface area contributed by atoms with E-state index in [-0.39, 0.29) is 0 Å². The van der Waals surface area contributed by atoms with E-state index in [0.717, 1.165) is 72.6 Å². The van der Waals surface area contributed by atoms with Gasteiger partial charge in [0.05, 0.1) is 22.9 Å². The Morgan fingerprint density at radius 1 is 0.712 bits per heavy atom. The van der Waals surface area contributed by atoms with Crippen LogP contribution in [0.4, 0.5) is 0 Å². The molecule has 3 heterocycles. The van der Waals surface area contributed by atoms with Crippen molar-refractivity contribution in [2.24, 2.45) is 5.92 Å². The number of aryl methyl sites for hydroxylation is 2. The molecule has 0 unspecified atom stereocenters. The zero-order valence-corrected chi connectivity index (χ0v) is 32.2. The predicted molar refractivity (Wildman–Crippen MR) is 218 cm³/mol. The van der Waals surface area contributed by atoms with Crippen LogP contribution in [0.5, 0.6) is 11.5 Å². The van der Waals surface area contributed by atoms with Gasteiger partial charge in [0, 0.05) is 40.9 Å². The van der Waals surface area contributed by atoms with Gasteiger partial charge in [0.15, 0.2) is 0 Å². The van der Waals surface area contributed by atoms with Crippen LogP contribution in [0.15, 0.2) is 91.4 Å². The van der Waals surface area contributed by atoms with Crippen LogP contribution in [-0.4, -0.2) is 19.3 Å². The molecular formula is C47H52N4O. The van der Waals surface area contributed by atoms with E-state index in [1.165, 1.54) is 60.8 Å². The van der Waals surface area contributed by atoms with E-state index in [1.807, 2.05) is 16.9 Å². The van der Waals surface area contributed by atoms with Crippen molar-refractivity contribution < 1.29 is 4.74 Å². The van der Waals surface area contributed by atoms with Crippen LogP contribution in [0.25, 0.3) is 44.4 Å². The molecule has 0 N–H and O–H groups in total. The fourth-order valence-electron chi connectivity index (χ4n) is 7.83. The van der Waals surface area contributed by atoms with E-state index in [0.29, 0.717) is 5.92 Å². The van der Waals surface area contributed by atoms with Crippen molar-refractivity contribution in [2.45, 2.75) is 93.9 Å². The summed E-state index contributed by atoms with van der Waals surface area (Å²) in [5.74, 6) is 3.10. The van der Waals surface area contributed by atoms with Gasteiger partial charge in [-0.15, -0.1) is 0 Å².